The Labute approximate surface area is 169 Å². The first kappa shape index (κ1) is 18.7. The average Bonchev–Trinajstić information content (AvgIpc) is 3.36. The molecule has 8 heteroatoms. The van der Waals surface area contributed by atoms with Crippen molar-refractivity contribution in [2.45, 2.75) is 24.9 Å². The fraction of sp³-hybridized carbons (Fsp3) is 0.273. The van der Waals surface area contributed by atoms with E-state index in [4.69, 9.17) is 4.42 Å². The number of benzene rings is 1. The third-order valence-corrected chi connectivity index (χ3v) is 5.64. The van der Waals surface area contributed by atoms with Gasteiger partial charge in [0.15, 0.2) is 5.76 Å². The summed E-state index contributed by atoms with van der Waals surface area (Å²) < 4.78 is 44.3. The summed E-state index contributed by atoms with van der Waals surface area (Å²) in [7, 11) is 0. The minimum absolute atomic E-state index is 0.133. The number of H-pyrrole nitrogens is 1. The van der Waals surface area contributed by atoms with Crippen LogP contribution in [0.5, 0.6) is 0 Å². The summed E-state index contributed by atoms with van der Waals surface area (Å²) in [5.41, 5.74) is 1.53. The van der Waals surface area contributed by atoms with E-state index in [0.717, 1.165) is 17.1 Å². The highest BCUT2D eigenvalue weighted by Gasteiger charge is 2.33. The van der Waals surface area contributed by atoms with Gasteiger partial charge in [-0.1, -0.05) is 18.2 Å². The number of alkyl halides is 3. The summed E-state index contributed by atoms with van der Waals surface area (Å²) in [5.74, 6) is 0.315. The number of rotatable bonds is 2. The van der Waals surface area contributed by atoms with E-state index in [0.29, 0.717) is 48.3 Å². The van der Waals surface area contributed by atoms with Gasteiger partial charge in [0.1, 0.15) is 11.3 Å². The van der Waals surface area contributed by atoms with Gasteiger partial charge in [0.05, 0.1) is 11.0 Å². The van der Waals surface area contributed by atoms with Gasteiger partial charge >= 0.3 is 6.18 Å². The minimum atomic E-state index is -4.46. The summed E-state index contributed by atoms with van der Waals surface area (Å²) in [6.07, 6.45) is -3.04. The van der Waals surface area contributed by atoms with Crippen molar-refractivity contribution in [2.24, 2.45) is 0 Å². The van der Waals surface area contributed by atoms with Gasteiger partial charge in [-0.15, -0.1) is 0 Å². The number of furan rings is 1. The van der Waals surface area contributed by atoms with Gasteiger partial charge in [0.2, 0.25) is 0 Å². The molecule has 0 saturated carbocycles. The summed E-state index contributed by atoms with van der Waals surface area (Å²) in [6.45, 7) is 1.11. The Morgan fingerprint density at radius 2 is 1.87 bits per heavy atom. The van der Waals surface area contributed by atoms with Crippen molar-refractivity contribution in [3.8, 4) is 0 Å². The molecule has 5 rings (SSSR count). The zero-order chi connectivity index (χ0) is 20.9. The van der Waals surface area contributed by atoms with E-state index < -0.39 is 11.9 Å². The highest BCUT2D eigenvalue weighted by molar-refractivity contribution is 5.96. The number of amides is 1. The summed E-state index contributed by atoms with van der Waals surface area (Å²) in [5, 5.41) is 0.888. The Bertz CT molecular complexity index is 1200. The lowest BCUT2D eigenvalue weighted by Gasteiger charge is -2.31. The van der Waals surface area contributed by atoms with Crippen molar-refractivity contribution < 1.29 is 22.4 Å². The van der Waals surface area contributed by atoms with Crippen molar-refractivity contribution in [2.75, 3.05) is 13.1 Å². The van der Waals surface area contributed by atoms with Crippen LogP contribution in [0.4, 0.5) is 13.2 Å². The first-order chi connectivity index (χ1) is 14.4. The number of nitrogens with zero attached hydrogens (tertiary/aromatic N) is 2. The fourth-order valence-corrected chi connectivity index (χ4v) is 4.04. The molecule has 0 bridgehead atoms. The fourth-order valence-electron chi connectivity index (χ4n) is 4.04. The van der Waals surface area contributed by atoms with Crippen LogP contribution in [-0.2, 0) is 6.18 Å². The average molecular weight is 413 g/mol. The number of fused-ring (bicyclic) bond motifs is 2. The van der Waals surface area contributed by atoms with Gasteiger partial charge in [-0.3, -0.25) is 4.79 Å². The number of carbonyl (C=O) groups is 1. The molecular weight excluding hydrogens is 395 g/mol. The summed E-state index contributed by atoms with van der Waals surface area (Å²) >= 11 is 0. The molecule has 154 valence electrons. The summed E-state index contributed by atoms with van der Waals surface area (Å²) in [4.78, 5) is 21.5. The number of carbonyl (C=O) groups excluding carboxylic acids is 1. The second-order valence-electron chi connectivity index (χ2n) is 7.57. The Kier molecular flexibility index (Phi) is 4.30. The Morgan fingerprint density at radius 1 is 1.10 bits per heavy atom. The second-order valence-corrected chi connectivity index (χ2v) is 7.57. The normalized spacial score (nSPS) is 15.9. The molecule has 1 aromatic carbocycles. The molecule has 1 saturated heterocycles. The molecule has 0 atom stereocenters. The lowest BCUT2D eigenvalue weighted by atomic mass is 9.93. The summed E-state index contributed by atoms with van der Waals surface area (Å²) in [6, 6.07) is 13.3. The van der Waals surface area contributed by atoms with Gasteiger partial charge in [-0.25, -0.2) is 4.98 Å². The van der Waals surface area contributed by atoms with E-state index >= 15 is 0 Å². The molecule has 1 aliphatic heterocycles. The Balaban J connectivity index is 1.30. The molecule has 0 spiro atoms. The maximum absolute atomic E-state index is 12.9. The van der Waals surface area contributed by atoms with Gasteiger partial charge in [0, 0.05) is 30.1 Å². The van der Waals surface area contributed by atoms with Crippen LogP contribution < -0.4 is 0 Å². The molecule has 1 amide bonds. The number of hydrogen-bond donors (Lipinski definition) is 1. The van der Waals surface area contributed by atoms with Crippen LogP contribution in [0.15, 0.2) is 52.9 Å². The van der Waals surface area contributed by atoms with Crippen LogP contribution in [0, 0.1) is 0 Å². The lowest BCUT2D eigenvalue weighted by molar-refractivity contribution is -0.140. The standard InChI is InChI=1S/C22H18F3N3O2/c23-22(24,25)20-6-5-15-17(27-20)12-16(26-15)13-7-9-28(10-8-13)21(29)19-11-14-3-1-2-4-18(14)30-19/h1-6,11-13,26H,7-10H2. The molecule has 1 N–H and O–H groups in total. The van der Waals surface area contributed by atoms with Crippen molar-refractivity contribution in [3.63, 3.8) is 0 Å². The number of halogens is 3. The van der Waals surface area contributed by atoms with Crippen molar-refractivity contribution >= 4 is 27.9 Å². The van der Waals surface area contributed by atoms with Gasteiger partial charge in [0.25, 0.3) is 5.91 Å². The number of likely N-dealkylation sites (tertiary alicyclic amines) is 1. The highest BCUT2D eigenvalue weighted by Crippen LogP contribution is 2.33. The molecule has 4 heterocycles. The molecule has 0 unspecified atom stereocenters. The molecule has 1 fully saturated rings. The van der Waals surface area contributed by atoms with Crippen LogP contribution in [0.25, 0.3) is 22.0 Å². The zero-order valence-electron chi connectivity index (χ0n) is 15.9. The SMILES string of the molecule is O=C(c1cc2ccccc2o1)N1CCC(c2cc3nc(C(F)(F)F)ccc3[nH]2)CC1. The van der Waals surface area contributed by atoms with Gasteiger partial charge in [-0.2, -0.15) is 13.2 Å². The first-order valence-corrected chi connectivity index (χ1v) is 9.73. The van der Waals surface area contributed by atoms with Crippen molar-refractivity contribution in [1.82, 2.24) is 14.9 Å². The van der Waals surface area contributed by atoms with Crippen LogP contribution in [0.2, 0.25) is 0 Å². The molecule has 30 heavy (non-hydrogen) atoms. The van der Waals surface area contributed by atoms with E-state index in [1.54, 1.807) is 17.0 Å². The highest BCUT2D eigenvalue weighted by atomic mass is 19.4. The van der Waals surface area contributed by atoms with Crippen LogP contribution in [-0.4, -0.2) is 33.9 Å². The number of para-hydroxylation sites is 1. The topological polar surface area (TPSA) is 62.1 Å². The quantitative estimate of drug-likeness (QED) is 0.482. The number of aromatic amines is 1. The monoisotopic (exact) mass is 413 g/mol. The zero-order valence-corrected chi connectivity index (χ0v) is 15.9. The Hall–Kier alpha value is -3.29. The van der Waals surface area contributed by atoms with Crippen LogP contribution in [0.3, 0.4) is 0 Å². The Morgan fingerprint density at radius 3 is 2.60 bits per heavy atom. The first-order valence-electron chi connectivity index (χ1n) is 9.73. The molecule has 0 radical (unpaired) electrons. The molecule has 0 aliphatic carbocycles. The van der Waals surface area contributed by atoms with E-state index in [-0.39, 0.29) is 11.8 Å². The van der Waals surface area contributed by atoms with Gasteiger partial charge in [-0.05, 0) is 43.2 Å². The maximum atomic E-state index is 12.9. The van der Waals surface area contributed by atoms with E-state index in [1.807, 2.05) is 24.3 Å². The predicted molar refractivity (Wildman–Crippen MR) is 105 cm³/mol. The predicted octanol–water partition coefficient (Wildman–Crippen LogP) is 5.35. The van der Waals surface area contributed by atoms with Gasteiger partial charge < -0.3 is 14.3 Å². The smallest absolute Gasteiger partial charge is 0.433 e. The number of hydrogen-bond acceptors (Lipinski definition) is 3. The van der Waals surface area contributed by atoms with Crippen LogP contribution in [0.1, 0.15) is 40.7 Å². The molecule has 5 nitrogen and oxygen atoms in total. The maximum Gasteiger partial charge on any atom is 0.433 e. The minimum Gasteiger partial charge on any atom is -0.451 e. The van der Waals surface area contributed by atoms with Crippen LogP contribution >= 0.6 is 0 Å². The number of aromatic nitrogens is 2. The van der Waals surface area contributed by atoms with Crippen molar-refractivity contribution in [1.29, 1.82) is 0 Å². The molecular formula is C22H18F3N3O2. The number of pyridine rings is 1. The number of piperidine rings is 1. The largest absolute Gasteiger partial charge is 0.451 e. The molecule has 4 aromatic rings. The number of nitrogens with one attached hydrogen (secondary N) is 1. The lowest BCUT2D eigenvalue weighted by Crippen LogP contribution is -2.37. The van der Waals surface area contributed by atoms with E-state index in [2.05, 4.69) is 9.97 Å². The second kappa shape index (κ2) is 6.90. The van der Waals surface area contributed by atoms with E-state index in [1.165, 1.54) is 6.07 Å². The third-order valence-electron chi connectivity index (χ3n) is 5.64. The van der Waals surface area contributed by atoms with Crippen molar-refractivity contribution in [3.05, 3.63) is 65.7 Å². The van der Waals surface area contributed by atoms with E-state index in [9.17, 15) is 18.0 Å². The third kappa shape index (κ3) is 3.32. The molecule has 3 aromatic heterocycles. The molecule has 1 aliphatic rings.